The molecule has 0 spiro atoms. The molecule has 0 aliphatic rings. The van der Waals surface area contributed by atoms with Gasteiger partial charge in [-0.3, -0.25) is 4.79 Å². The molecule has 0 aliphatic carbocycles. The van der Waals surface area contributed by atoms with Gasteiger partial charge in [0.15, 0.2) is 5.43 Å². The zero-order valence-electron chi connectivity index (χ0n) is 16.3. The number of benzene rings is 3. The normalized spacial score (nSPS) is 12.1. The summed E-state index contributed by atoms with van der Waals surface area (Å²) in [6.45, 7) is 0. The van der Waals surface area contributed by atoms with Crippen LogP contribution in [0.3, 0.4) is 0 Å². The first-order chi connectivity index (χ1) is 15.1. The van der Waals surface area contributed by atoms with Crippen LogP contribution in [0.2, 0.25) is 0 Å². The Hall–Kier alpha value is -3.59. The minimum Gasteiger partial charge on any atom is -0.464 e. The Balaban J connectivity index is 1.58. The van der Waals surface area contributed by atoms with E-state index in [1.165, 1.54) is 12.3 Å². The van der Waals surface area contributed by atoms with Gasteiger partial charge in [0.25, 0.3) is 0 Å². The smallest absolute Gasteiger partial charge is 0.464 e. The maximum absolute atomic E-state index is 12.8. The summed E-state index contributed by atoms with van der Waals surface area (Å²) in [5.74, 6) is -0.609. The molecular formula is C23H15F3O5S. The summed E-state index contributed by atoms with van der Waals surface area (Å²) in [7, 11) is -5.82. The van der Waals surface area contributed by atoms with Crippen LogP contribution in [0.15, 0.2) is 88.3 Å². The highest BCUT2D eigenvalue weighted by Gasteiger charge is 2.48. The van der Waals surface area contributed by atoms with E-state index in [0.717, 1.165) is 28.8 Å². The summed E-state index contributed by atoms with van der Waals surface area (Å²) < 4.78 is 69.2. The van der Waals surface area contributed by atoms with Crippen LogP contribution in [-0.4, -0.2) is 13.9 Å². The molecule has 0 fully saturated rings. The van der Waals surface area contributed by atoms with E-state index in [1.54, 1.807) is 0 Å². The van der Waals surface area contributed by atoms with Gasteiger partial charge in [0.1, 0.15) is 11.3 Å². The van der Waals surface area contributed by atoms with Crippen LogP contribution in [0.25, 0.3) is 22.1 Å². The van der Waals surface area contributed by atoms with Gasteiger partial charge in [0, 0.05) is 18.1 Å². The second-order valence-corrected chi connectivity index (χ2v) is 8.51. The lowest BCUT2D eigenvalue weighted by molar-refractivity contribution is -0.0500. The first-order valence-electron chi connectivity index (χ1n) is 9.34. The largest absolute Gasteiger partial charge is 0.534 e. The first kappa shape index (κ1) is 21.6. The lowest BCUT2D eigenvalue weighted by Gasteiger charge is -2.10. The molecule has 0 N–H and O–H groups in total. The van der Waals surface area contributed by atoms with Gasteiger partial charge in [-0.15, -0.1) is 0 Å². The van der Waals surface area contributed by atoms with Crippen LogP contribution in [0.5, 0.6) is 5.75 Å². The number of rotatable bonds is 5. The lowest BCUT2D eigenvalue weighted by Crippen LogP contribution is -2.28. The zero-order chi connectivity index (χ0) is 22.9. The molecule has 164 valence electrons. The molecular weight excluding hydrogens is 445 g/mol. The van der Waals surface area contributed by atoms with E-state index in [9.17, 15) is 26.4 Å². The molecule has 0 atom stereocenters. The molecule has 0 aliphatic heterocycles. The fourth-order valence-corrected chi connectivity index (χ4v) is 3.61. The molecule has 0 radical (unpaired) electrons. The van der Waals surface area contributed by atoms with Gasteiger partial charge in [-0.05, 0) is 28.8 Å². The topological polar surface area (TPSA) is 73.6 Å². The highest BCUT2D eigenvalue weighted by Crippen LogP contribution is 2.28. The van der Waals surface area contributed by atoms with Gasteiger partial charge in [0.2, 0.25) is 0 Å². The molecule has 4 rings (SSSR count). The third-order valence-corrected chi connectivity index (χ3v) is 5.74. The quantitative estimate of drug-likeness (QED) is 0.299. The Morgan fingerprint density at radius 2 is 1.53 bits per heavy atom. The Morgan fingerprint density at radius 3 is 2.19 bits per heavy atom. The van der Waals surface area contributed by atoms with Gasteiger partial charge in [-0.25, -0.2) is 0 Å². The van der Waals surface area contributed by atoms with Crippen molar-refractivity contribution in [1.29, 1.82) is 0 Å². The minimum absolute atomic E-state index is 0.0898. The van der Waals surface area contributed by atoms with Crippen molar-refractivity contribution >= 4 is 21.1 Å². The second-order valence-electron chi connectivity index (χ2n) is 6.97. The van der Waals surface area contributed by atoms with Crippen molar-refractivity contribution in [2.75, 3.05) is 0 Å². The summed E-state index contributed by atoms with van der Waals surface area (Å²) in [5, 5.41) is 0.0974. The summed E-state index contributed by atoms with van der Waals surface area (Å²) in [5.41, 5.74) is -2.72. The van der Waals surface area contributed by atoms with E-state index < -0.39 is 21.4 Å². The molecule has 5 nitrogen and oxygen atoms in total. The molecule has 9 heteroatoms. The first-order valence-corrected chi connectivity index (χ1v) is 10.7. The number of fused-ring (bicyclic) bond motifs is 1. The van der Waals surface area contributed by atoms with E-state index in [1.807, 2.05) is 54.6 Å². The predicted molar refractivity (Wildman–Crippen MR) is 113 cm³/mol. The van der Waals surface area contributed by atoms with E-state index >= 15 is 0 Å². The van der Waals surface area contributed by atoms with Crippen molar-refractivity contribution in [3.63, 3.8) is 0 Å². The van der Waals surface area contributed by atoms with E-state index in [-0.39, 0.29) is 22.8 Å². The van der Waals surface area contributed by atoms with Crippen LogP contribution in [0, 0.1) is 0 Å². The Labute approximate surface area is 180 Å². The molecule has 3 aromatic carbocycles. The van der Waals surface area contributed by atoms with Crippen molar-refractivity contribution in [2.24, 2.45) is 0 Å². The van der Waals surface area contributed by atoms with E-state index in [0.29, 0.717) is 5.56 Å². The Kier molecular flexibility index (Phi) is 5.52. The van der Waals surface area contributed by atoms with Gasteiger partial charge >= 0.3 is 15.6 Å². The fourth-order valence-electron chi connectivity index (χ4n) is 3.16. The number of hydrogen-bond acceptors (Lipinski definition) is 5. The number of halogens is 3. The summed E-state index contributed by atoms with van der Waals surface area (Å²) >= 11 is 0. The Morgan fingerprint density at radius 1 is 0.875 bits per heavy atom. The highest BCUT2D eigenvalue weighted by molar-refractivity contribution is 7.88. The monoisotopic (exact) mass is 460 g/mol. The zero-order valence-corrected chi connectivity index (χ0v) is 17.1. The molecule has 4 aromatic rings. The maximum Gasteiger partial charge on any atom is 0.534 e. The van der Waals surface area contributed by atoms with Crippen LogP contribution < -0.4 is 9.61 Å². The number of hydrogen-bond donors (Lipinski definition) is 0. The second kappa shape index (κ2) is 8.16. The molecule has 0 amide bonds. The van der Waals surface area contributed by atoms with E-state index in [4.69, 9.17) is 4.42 Å². The van der Waals surface area contributed by atoms with Crippen LogP contribution >= 0.6 is 0 Å². The predicted octanol–water partition coefficient (Wildman–Crippen LogP) is 5.28. The van der Waals surface area contributed by atoms with Crippen molar-refractivity contribution in [3.05, 3.63) is 100 Å². The van der Waals surface area contributed by atoms with Crippen LogP contribution in [0.1, 0.15) is 11.1 Å². The molecule has 0 saturated carbocycles. The molecule has 1 aromatic heterocycles. The average Bonchev–Trinajstić information content (AvgIpc) is 2.76. The van der Waals surface area contributed by atoms with Gasteiger partial charge in [-0.2, -0.15) is 21.6 Å². The fraction of sp³-hybridized carbons (Fsp3) is 0.0870. The van der Waals surface area contributed by atoms with Crippen molar-refractivity contribution < 1.29 is 30.2 Å². The molecule has 0 bridgehead atoms. The van der Waals surface area contributed by atoms with Gasteiger partial charge < -0.3 is 8.60 Å². The minimum atomic E-state index is -5.82. The molecule has 0 saturated heterocycles. The van der Waals surface area contributed by atoms with Gasteiger partial charge in [-0.1, -0.05) is 54.6 Å². The third kappa shape index (κ3) is 4.38. The average molecular weight is 460 g/mol. The van der Waals surface area contributed by atoms with Crippen molar-refractivity contribution in [3.8, 4) is 16.9 Å². The molecule has 32 heavy (non-hydrogen) atoms. The molecule has 1 heterocycles. The van der Waals surface area contributed by atoms with Crippen molar-refractivity contribution in [2.45, 2.75) is 11.9 Å². The van der Waals surface area contributed by atoms with E-state index in [2.05, 4.69) is 4.18 Å². The summed E-state index contributed by atoms with van der Waals surface area (Å²) in [6.07, 6.45) is 1.49. The van der Waals surface area contributed by atoms with Crippen LogP contribution in [0.4, 0.5) is 13.2 Å². The SMILES string of the molecule is O=c1c(Cc2ccc(-c3ccccc3)cc2)coc2cc(OS(=O)(=O)C(F)(F)F)ccc12. The standard InChI is InChI=1S/C23H15F3O5S/c24-23(25,26)32(28,29)31-19-10-11-20-21(13-19)30-14-18(22(20)27)12-15-6-8-17(9-7-15)16-4-2-1-3-5-16/h1-11,13-14H,12H2. The maximum atomic E-state index is 12.8. The summed E-state index contributed by atoms with van der Waals surface area (Å²) in [4.78, 5) is 12.8. The number of alkyl halides is 3. The van der Waals surface area contributed by atoms with Gasteiger partial charge in [0.05, 0.1) is 11.6 Å². The third-order valence-electron chi connectivity index (χ3n) is 4.76. The molecule has 0 unspecified atom stereocenters. The lowest BCUT2D eigenvalue weighted by atomic mass is 10.0. The summed E-state index contributed by atoms with van der Waals surface area (Å²) in [6, 6.07) is 20.5. The van der Waals surface area contributed by atoms with Crippen LogP contribution in [-0.2, 0) is 16.5 Å². The van der Waals surface area contributed by atoms with Crippen molar-refractivity contribution in [1.82, 2.24) is 0 Å². The highest BCUT2D eigenvalue weighted by atomic mass is 32.2. The Bertz CT molecular complexity index is 1420.